The fraction of sp³-hybridized carbons (Fsp3) is 1.00. The Hall–Kier alpha value is -0.0800. The molecule has 0 radical (unpaired) electrons. The van der Waals surface area contributed by atoms with E-state index < -0.39 is 0 Å². The lowest BCUT2D eigenvalue weighted by Gasteiger charge is -2.44. The van der Waals surface area contributed by atoms with E-state index in [-0.39, 0.29) is 6.10 Å². The molecule has 0 heterocycles. The highest BCUT2D eigenvalue weighted by molar-refractivity contribution is 4.89. The third-order valence-electron chi connectivity index (χ3n) is 4.41. The third kappa shape index (κ3) is 4.55. The molecule has 0 aliphatic heterocycles. The van der Waals surface area contributed by atoms with Crippen LogP contribution in [-0.4, -0.2) is 35.2 Å². The smallest absolute Gasteiger partial charge is 0.0700 e. The van der Waals surface area contributed by atoms with E-state index in [0.29, 0.717) is 17.9 Å². The molecular formula is C16H33NO. The van der Waals surface area contributed by atoms with Crippen molar-refractivity contribution >= 4 is 0 Å². The Balaban J connectivity index is 2.62. The zero-order chi connectivity index (χ0) is 13.5. The molecule has 0 amide bonds. The molecule has 2 nitrogen and oxygen atoms in total. The molecular weight excluding hydrogens is 222 g/mol. The van der Waals surface area contributed by atoms with Crippen LogP contribution in [0.15, 0.2) is 0 Å². The number of hydrogen-bond acceptors (Lipinski definition) is 2. The number of aliphatic hydroxyl groups excluding tert-OH is 1. The Morgan fingerprint density at radius 1 is 1.00 bits per heavy atom. The second kappa shape index (κ2) is 8.16. The van der Waals surface area contributed by atoms with Crippen LogP contribution in [-0.2, 0) is 0 Å². The van der Waals surface area contributed by atoms with Gasteiger partial charge in [-0.15, -0.1) is 0 Å². The quantitative estimate of drug-likeness (QED) is 0.750. The summed E-state index contributed by atoms with van der Waals surface area (Å²) < 4.78 is 0. The molecule has 1 saturated carbocycles. The first-order valence-electron chi connectivity index (χ1n) is 8.02. The molecule has 0 aromatic heterocycles. The van der Waals surface area contributed by atoms with Gasteiger partial charge in [0.05, 0.1) is 6.10 Å². The zero-order valence-electron chi connectivity index (χ0n) is 12.9. The summed E-state index contributed by atoms with van der Waals surface area (Å²) >= 11 is 0. The van der Waals surface area contributed by atoms with E-state index in [4.69, 9.17) is 0 Å². The highest BCUT2D eigenvalue weighted by Gasteiger charge is 2.36. The van der Waals surface area contributed by atoms with E-state index in [1.807, 2.05) is 0 Å². The van der Waals surface area contributed by atoms with Crippen molar-refractivity contribution in [3.63, 3.8) is 0 Å². The molecule has 0 aromatic rings. The summed E-state index contributed by atoms with van der Waals surface area (Å²) in [7, 11) is 0. The van der Waals surface area contributed by atoms with E-state index >= 15 is 0 Å². The average molecular weight is 255 g/mol. The normalized spacial score (nSPS) is 33.0. The second-order valence-electron chi connectivity index (χ2n) is 6.35. The highest BCUT2D eigenvalue weighted by Crippen LogP contribution is 2.32. The predicted octanol–water partition coefficient (Wildman–Crippen LogP) is 3.68. The standard InChI is InChI=1S/C16H33NO/c1-5-7-9-17(10-8-6-2)16-14(4)11-13(3)12-15(16)18/h13-16,18H,5-12H2,1-4H3. The number of unbranched alkanes of at least 4 members (excludes halogenated alkanes) is 2. The third-order valence-corrected chi connectivity index (χ3v) is 4.41. The first-order chi connectivity index (χ1) is 8.60. The molecule has 0 aromatic carbocycles. The van der Waals surface area contributed by atoms with Gasteiger partial charge >= 0.3 is 0 Å². The average Bonchev–Trinajstić information content (AvgIpc) is 2.30. The van der Waals surface area contributed by atoms with Gasteiger partial charge in [0.25, 0.3) is 0 Å². The molecule has 4 unspecified atom stereocenters. The van der Waals surface area contributed by atoms with Crippen molar-refractivity contribution in [3.05, 3.63) is 0 Å². The Morgan fingerprint density at radius 2 is 1.56 bits per heavy atom. The summed E-state index contributed by atoms with van der Waals surface area (Å²) in [5.74, 6) is 1.32. The molecule has 1 aliphatic carbocycles. The highest BCUT2D eigenvalue weighted by atomic mass is 16.3. The van der Waals surface area contributed by atoms with Gasteiger partial charge in [-0.3, -0.25) is 4.90 Å². The van der Waals surface area contributed by atoms with E-state index in [1.54, 1.807) is 0 Å². The summed E-state index contributed by atoms with van der Waals surface area (Å²) in [6.07, 6.45) is 7.16. The first-order valence-corrected chi connectivity index (χ1v) is 8.02. The van der Waals surface area contributed by atoms with Crippen LogP contribution in [0.5, 0.6) is 0 Å². The van der Waals surface area contributed by atoms with E-state index in [1.165, 1.54) is 32.1 Å². The monoisotopic (exact) mass is 255 g/mol. The zero-order valence-corrected chi connectivity index (χ0v) is 12.9. The Bertz CT molecular complexity index is 199. The summed E-state index contributed by atoms with van der Waals surface area (Å²) in [5.41, 5.74) is 0. The van der Waals surface area contributed by atoms with Crippen LogP contribution in [0.1, 0.15) is 66.2 Å². The molecule has 1 N–H and O–H groups in total. The van der Waals surface area contributed by atoms with Crippen LogP contribution in [0.4, 0.5) is 0 Å². The number of rotatable bonds is 7. The van der Waals surface area contributed by atoms with Crippen molar-refractivity contribution < 1.29 is 5.11 Å². The van der Waals surface area contributed by atoms with Crippen molar-refractivity contribution in [2.45, 2.75) is 78.4 Å². The van der Waals surface area contributed by atoms with Crippen LogP contribution in [0.25, 0.3) is 0 Å². The largest absolute Gasteiger partial charge is 0.391 e. The van der Waals surface area contributed by atoms with Gasteiger partial charge in [0.15, 0.2) is 0 Å². The van der Waals surface area contributed by atoms with Crippen LogP contribution < -0.4 is 0 Å². The summed E-state index contributed by atoms with van der Waals surface area (Å²) in [6, 6.07) is 0.402. The molecule has 18 heavy (non-hydrogen) atoms. The van der Waals surface area contributed by atoms with Gasteiger partial charge in [-0.25, -0.2) is 0 Å². The van der Waals surface area contributed by atoms with Crippen LogP contribution in [0, 0.1) is 11.8 Å². The Kier molecular flexibility index (Phi) is 7.25. The predicted molar refractivity (Wildman–Crippen MR) is 78.7 cm³/mol. The van der Waals surface area contributed by atoms with Gasteiger partial charge in [0.1, 0.15) is 0 Å². The first kappa shape index (κ1) is 16.0. The van der Waals surface area contributed by atoms with Crippen LogP contribution in [0.2, 0.25) is 0 Å². The van der Waals surface area contributed by atoms with Crippen molar-refractivity contribution in [1.82, 2.24) is 4.90 Å². The second-order valence-corrected chi connectivity index (χ2v) is 6.35. The minimum atomic E-state index is -0.113. The number of nitrogens with zero attached hydrogens (tertiary/aromatic N) is 1. The molecule has 0 saturated heterocycles. The van der Waals surface area contributed by atoms with Crippen molar-refractivity contribution in [2.24, 2.45) is 11.8 Å². The fourth-order valence-corrected chi connectivity index (χ4v) is 3.54. The summed E-state index contributed by atoms with van der Waals surface area (Å²) in [5, 5.41) is 10.4. The molecule has 0 spiro atoms. The lowest BCUT2D eigenvalue weighted by Crippen LogP contribution is -2.51. The van der Waals surface area contributed by atoms with E-state index in [9.17, 15) is 5.11 Å². The molecule has 108 valence electrons. The molecule has 4 atom stereocenters. The minimum Gasteiger partial charge on any atom is -0.391 e. The van der Waals surface area contributed by atoms with Gasteiger partial charge in [-0.05, 0) is 50.6 Å². The van der Waals surface area contributed by atoms with Crippen molar-refractivity contribution in [3.8, 4) is 0 Å². The van der Waals surface area contributed by atoms with Gasteiger partial charge in [-0.2, -0.15) is 0 Å². The van der Waals surface area contributed by atoms with E-state index in [0.717, 1.165) is 19.5 Å². The molecule has 2 heteroatoms. The maximum atomic E-state index is 10.4. The summed E-state index contributed by atoms with van der Waals surface area (Å²) in [4.78, 5) is 2.58. The van der Waals surface area contributed by atoms with Gasteiger partial charge < -0.3 is 5.11 Å². The molecule has 1 rings (SSSR count). The fourth-order valence-electron chi connectivity index (χ4n) is 3.54. The summed E-state index contributed by atoms with van der Waals surface area (Å²) in [6.45, 7) is 11.4. The van der Waals surface area contributed by atoms with Gasteiger partial charge in [-0.1, -0.05) is 40.5 Å². The SMILES string of the molecule is CCCCN(CCCC)C1C(C)CC(C)CC1O. The van der Waals surface area contributed by atoms with E-state index in [2.05, 4.69) is 32.6 Å². The van der Waals surface area contributed by atoms with Gasteiger partial charge in [0, 0.05) is 6.04 Å². The molecule has 0 bridgehead atoms. The lowest BCUT2D eigenvalue weighted by molar-refractivity contribution is -0.0254. The maximum Gasteiger partial charge on any atom is 0.0700 e. The topological polar surface area (TPSA) is 23.5 Å². The molecule has 1 fully saturated rings. The van der Waals surface area contributed by atoms with Crippen molar-refractivity contribution in [2.75, 3.05) is 13.1 Å². The van der Waals surface area contributed by atoms with Crippen LogP contribution in [0.3, 0.4) is 0 Å². The van der Waals surface area contributed by atoms with Gasteiger partial charge in [0.2, 0.25) is 0 Å². The lowest BCUT2D eigenvalue weighted by atomic mass is 9.77. The maximum absolute atomic E-state index is 10.4. The van der Waals surface area contributed by atoms with Crippen molar-refractivity contribution in [1.29, 1.82) is 0 Å². The minimum absolute atomic E-state index is 0.113. The number of aliphatic hydroxyl groups is 1. The number of hydrogen-bond donors (Lipinski definition) is 1. The molecule has 1 aliphatic rings. The Morgan fingerprint density at radius 3 is 2.00 bits per heavy atom. The van der Waals surface area contributed by atoms with Crippen LogP contribution >= 0.6 is 0 Å². The Labute approximate surface area is 114 Å².